The van der Waals surface area contributed by atoms with Crippen LogP contribution in [0.1, 0.15) is 11.1 Å². The zero-order valence-corrected chi connectivity index (χ0v) is 11.5. The molecule has 0 atom stereocenters. The van der Waals surface area contributed by atoms with Crippen molar-refractivity contribution in [3.8, 4) is 0 Å². The maximum Gasteiger partial charge on any atom is 0.460 e. The molecule has 1 aromatic rings. The molecule has 0 aliphatic heterocycles. The molecule has 0 radical (unpaired) electrons. The fraction of sp³-hybridized carbons (Fsp3) is 0.417. The molecule has 0 bridgehead atoms. The molecule has 2 nitrogen and oxygen atoms in total. The number of esters is 1. The van der Waals surface area contributed by atoms with Gasteiger partial charge in [0.15, 0.2) is 0 Å². The van der Waals surface area contributed by atoms with Crippen LogP contribution in [-0.2, 0) is 16.1 Å². The highest BCUT2D eigenvalue weighted by Crippen LogP contribution is 2.47. The molecule has 0 saturated heterocycles. The van der Waals surface area contributed by atoms with Gasteiger partial charge >= 0.3 is 24.0 Å². The second kappa shape index (κ2) is 5.94. The molecule has 10 heteroatoms. The zero-order chi connectivity index (χ0) is 17.3. The number of carbonyl (C=O) groups is 1. The standard InChI is InChI=1S/C12H8ClF7O2/c1-6-4-8(13)3-2-7(6)5-22-9(21)10(14,15)11(16,17)12(18,19)20/h2-4H,5H2,1H3. The average Bonchev–Trinajstić information content (AvgIpc) is 2.35. The van der Waals surface area contributed by atoms with E-state index in [1.807, 2.05) is 0 Å². The van der Waals surface area contributed by atoms with Crippen molar-refractivity contribution in [3.05, 3.63) is 34.3 Å². The largest absolute Gasteiger partial charge is 0.460 e. The van der Waals surface area contributed by atoms with E-state index in [-0.39, 0.29) is 10.6 Å². The maximum atomic E-state index is 13.0. The number of alkyl halides is 7. The zero-order valence-electron chi connectivity index (χ0n) is 10.8. The summed E-state index contributed by atoms with van der Waals surface area (Å²) in [6, 6.07) is 3.93. The number of ether oxygens (including phenoxy) is 1. The molecular formula is C12H8ClF7O2. The van der Waals surface area contributed by atoms with Crippen molar-refractivity contribution in [2.24, 2.45) is 0 Å². The first kappa shape index (κ1) is 18.5. The van der Waals surface area contributed by atoms with Crippen LogP contribution in [0.15, 0.2) is 18.2 Å². The van der Waals surface area contributed by atoms with Crippen molar-refractivity contribution in [3.63, 3.8) is 0 Å². The first-order valence-electron chi connectivity index (χ1n) is 5.55. The lowest BCUT2D eigenvalue weighted by Gasteiger charge is -2.26. The van der Waals surface area contributed by atoms with Crippen LogP contribution in [0.5, 0.6) is 0 Å². The quantitative estimate of drug-likeness (QED) is 0.588. The van der Waals surface area contributed by atoms with Gasteiger partial charge in [-0.15, -0.1) is 0 Å². The van der Waals surface area contributed by atoms with E-state index in [2.05, 4.69) is 4.74 Å². The Morgan fingerprint density at radius 3 is 2.14 bits per heavy atom. The van der Waals surface area contributed by atoms with Gasteiger partial charge in [0, 0.05) is 5.02 Å². The molecule has 0 fully saturated rings. The molecule has 0 unspecified atom stereocenters. The molecule has 0 amide bonds. The molecular weight excluding hydrogens is 345 g/mol. The first-order valence-corrected chi connectivity index (χ1v) is 5.93. The molecule has 0 aliphatic rings. The van der Waals surface area contributed by atoms with Crippen molar-refractivity contribution < 1.29 is 40.3 Å². The summed E-state index contributed by atoms with van der Waals surface area (Å²) in [5.74, 6) is -15.5. The Morgan fingerprint density at radius 1 is 1.14 bits per heavy atom. The number of hydrogen-bond donors (Lipinski definition) is 0. The Bertz CT molecular complexity index is 569. The molecule has 1 rings (SSSR count). The summed E-state index contributed by atoms with van der Waals surface area (Å²) in [6.07, 6.45) is -6.59. The highest BCUT2D eigenvalue weighted by Gasteiger charge is 2.77. The number of rotatable bonds is 4. The minimum absolute atomic E-state index is 0.129. The molecule has 0 heterocycles. The summed E-state index contributed by atoms with van der Waals surface area (Å²) in [5.41, 5.74) is 0.509. The number of hydrogen-bond acceptors (Lipinski definition) is 2. The maximum absolute atomic E-state index is 13.0. The van der Waals surface area contributed by atoms with Crippen LogP contribution in [0, 0.1) is 6.92 Å². The molecule has 1 aromatic carbocycles. The van der Waals surface area contributed by atoms with Gasteiger partial charge in [-0.25, -0.2) is 4.79 Å². The average molecular weight is 353 g/mol. The van der Waals surface area contributed by atoms with Crippen LogP contribution in [0.2, 0.25) is 5.02 Å². The fourth-order valence-electron chi connectivity index (χ4n) is 1.36. The molecule has 0 saturated carbocycles. The molecule has 124 valence electrons. The van der Waals surface area contributed by atoms with Gasteiger partial charge in [-0.3, -0.25) is 0 Å². The summed E-state index contributed by atoms with van der Waals surface area (Å²) >= 11 is 5.61. The molecule has 0 aliphatic carbocycles. The van der Waals surface area contributed by atoms with Crippen molar-refractivity contribution in [2.75, 3.05) is 0 Å². The van der Waals surface area contributed by atoms with Crippen molar-refractivity contribution in [1.82, 2.24) is 0 Å². The number of carbonyl (C=O) groups excluding carboxylic acids is 1. The van der Waals surface area contributed by atoms with Gasteiger partial charge in [-0.05, 0) is 30.2 Å². The predicted octanol–water partition coefficient (Wildman–Crippen LogP) is 4.52. The SMILES string of the molecule is Cc1cc(Cl)ccc1COC(=O)C(F)(F)C(F)(F)C(F)(F)F. The van der Waals surface area contributed by atoms with Crippen LogP contribution < -0.4 is 0 Å². The second-order valence-electron chi connectivity index (χ2n) is 4.29. The Morgan fingerprint density at radius 2 is 1.68 bits per heavy atom. The normalized spacial score (nSPS) is 13.1. The van der Waals surface area contributed by atoms with E-state index >= 15 is 0 Å². The van der Waals surface area contributed by atoms with Crippen LogP contribution in [0.3, 0.4) is 0 Å². The smallest absolute Gasteiger partial charge is 0.456 e. The van der Waals surface area contributed by atoms with Crippen molar-refractivity contribution in [2.45, 2.75) is 31.6 Å². The van der Waals surface area contributed by atoms with Gasteiger partial charge in [0.25, 0.3) is 0 Å². The first-order chi connectivity index (χ1) is 9.80. The lowest BCUT2D eigenvalue weighted by molar-refractivity contribution is -0.348. The van der Waals surface area contributed by atoms with Gasteiger partial charge in [-0.1, -0.05) is 17.7 Å². The summed E-state index contributed by atoms with van der Waals surface area (Å²) in [7, 11) is 0. The third kappa shape index (κ3) is 3.45. The van der Waals surface area contributed by atoms with Crippen molar-refractivity contribution >= 4 is 17.6 Å². The Labute approximate surface area is 124 Å². The third-order valence-electron chi connectivity index (χ3n) is 2.67. The number of aryl methyl sites for hydroxylation is 1. The Balaban J connectivity index is 2.88. The Kier molecular flexibility index (Phi) is 5.01. The van der Waals surface area contributed by atoms with Gasteiger partial charge in [0.1, 0.15) is 6.61 Å². The van der Waals surface area contributed by atoms with Crippen LogP contribution in [0.25, 0.3) is 0 Å². The Hall–Kier alpha value is -1.51. The monoisotopic (exact) mass is 352 g/mol. The van der Waals surface area contributed by atoms with E-state index in [0.29, 0.717) is 5.56 Å². The molecule has 22 heavy (non-hydrogen) atoms. The summed E-state index contributed by atoms with van der Waals surface area (Å²) < 4.78 is 90.8. The minimum atomic E-state index is -6.59. The van der Waals surface area contributed by atoms with Crippen LogP contribution in [0.4, 0.5) is 30.7 Å². The van der Waals surface area contributed by atoms with E-state index in [0.717, 1.165) is 0 Å². The molecule has 0 aromatic heterocycles. The summed E-state index contributed by atoms with van der Waals surface area (Å²) in [5, 5.41) is 0.279. The highest BCUT2D eigenvalue weighted by molar-refractivity contribution is 6.30. The molecule has 0 spiro atoms. The van der Waals surface area contributed by atoms with Crippen molar-refractivity contribution in [1.29, 1.82) is 0 Å². The van der Waals surface area contributed by atoms with E-state index < -0.39 is 30.6 Å². The summed E-state index contributed by atoms with van der Waals surface area (Å²) in [4.78, 5) is 10.9. The lowest BCUT2D eigenvalue weighted by atomic mass is 10.1. The molecule has 0 N–H and O–H groups in total. The lowest BCUT2D eigenvalue weighted by Crippen LogP contribution is -2.56. The van der Waals surface area contributed by atoms with Crippen LogP contribution in [-0.4, -0.2) is 24.0 Å². The topological polar surface area (TPSA) is 26.3 Å². The van der Waals surface area contributed by atoms with Gasteiger partial charge in [-0.2, -0.15) is 30.7 Å². The number of benzene rings is 1. The minimum Gasteiger partial charge on any atom is -0.456 e. The van der Waals surface area contributed by atoms with E-state index in [4.69, 9.17) is 11.6 Å². The van der Waals surface area contributed by atoms with E-state index in [1.165, 1.54) is 25.1 Å². The highest BCUT2D eigenvalue weighted by atomic mass is 35.5. The van der Waals surface area contributed by atoms with E-state index in [1.54, 1.807) is 0 Å². The summed E-state index contributed by atoms with van der Waals surface area (Å²) in [6.45, 7) is 0.558. The van der Waals surface area contributed by atoms with Crippen LogP contribution >= 0.6 is 11.6 Å². The fourth-order valence-corrected chi connectivity index (χ4v) is 1.59. The van der Waals surface area contributed by atoms with Gasteiger partial charge < -0.3 is 4.74 Å². The number of halogens is 8. The predicted molar refractivity (Wildman–Crippen MR) is 61.9 cm³/mol. The van der Waals surface area contributed by atoms with Gasteiger partial charge in [0.2, 0.25) is 0 Å². The third-order valence-corrected chi connectivity index (χ3v) is 2.91. The second-order valence-corrected chi connectivity index (χ2v) is 4.73. The van der Waals surface area contributed by atoms with Gasteiger partial charge in [0.05, 0.1) is 0 Å². The van der Waals surface area contributed by atoms with E-state index in [9.17, 15) is 35.5 Å².